The van der Waals surface area contributed by atoms with Crippen molar-refractivity contribution in [3.05, 3.63) is 61.0 Å². The van der Waals surface area contributed by atoms with E-state index in [0.29, 0.717) is 44.7 Å². The Morgan fingerprint density at radius 2 is 2.00 bits per heavy atom. The third-order valence-corrected chi connectivity index (χ3v) is 5.41. The fourth-order valence-corrected chi connectivity index (χ4v) is 3.75. The summed E-state index contributed by atoms with van der Waals surface area (Å²) in [7, 11) is 2.77. The molecule has 0 spiro atoms. The van der Waals surface area contributed by atoms with Crippen molar-refractivity contribution in [3.63, 3.8) is 0 Å². The van der Waals surface area contributed by atoms with E-state index in [0.717, 1.165) is 4.47 Å². The summed E-state index contributed by atoms with van der Waals surface area (Å²) < 4.78 is 18.1. The maximum atomic E-state index is 13.0. The number of benzene rings is 2. The minimum absolute atomic E-state index is 0.257. The van der Waals surface area contributed by atoms with E-state index in [1.807, 2.05) is 13.0 Å². The first kappa shape index (κ1) is 23.0. The minimum atomic E-state index is -0.512. The van der Waals surface area contributed by atoms with Crippen molar-refractivity contribution in [3.8, 4) is 11.5 Å². The van der Waals surface area contributed by atoms with E-state index in [4.69, 9.17) is 9.47 Å². The molecule has 1 aromatic heterocycles. The summed E-state index contributed by atoms with van der Waals surface area (Å²) in [6.07, 6.45) is 2.06. The van der Waals surface area contributed by atoms with Crippen molar-refractivity contribution in [2.24, 2.45) is 5.10 Å². The highest BCUT2D eigenvalue weighted by Crippen LogP contribution is 2.36. The Morgan fingerprint density at radius 3 is 2.68 bits per heavy atom. The lowest BCUT2D eigenvalue weighted by molar-refractivity contribution is -0.142. The molecule has 2 aromatic carbocycles. The van der Waals surface area contributed by atoms with Crippen LogP contribution in [0.1, 0.15) is 18.3 Å². The molecule has 0 aliphatic heterocycles. The smallest absolute Gasteiger partial charge is 0.343 e. The summed E-state index contributed by atoms with van der Waals surface area (Å²) in [6.45, 7) is 1.65. The van der Waals surface area contributed by atoms with Gasteiger partial charge in [-0.25, -0.2) is 9.78 Å². The van der Waals surface area contributed by atoms with Crippen LogP contribution in [0.5, 0.6) is 11.5 Å². The van der Waals surface area contributed by atoms with Gasteiger partial charge in [0.1, 0.15) is 5.82 Å². The molecule has 0 fully saturated rings. The molecule has 0 N–H and O–H groups in total. The molecule has 0 aliphatic carbocycles. The highest BCUT2D eigenvalue weighted by Gasteiger charge is 2.14. The second-order valence-electron chi connectivity index (χ2n) is 6.30. The van der Waals surface area contributed by atoms with Gasteiger partial charge in [-0.2, -0.15) is 9.78 Å². The van der Waals surface area contributed by atoms with Gasteiger partial charge in [0.05, 0.1) is 35.8 Å². The standard InChI is InChI=1S/C21H19Br2N3O5/c1-4-18-25-16-6-5-13(22)9-14(16)21(28)26(18)24-10-12-7-15(23)20(17(8-12)29-2)31-11-19(27)30-3/h5-10H,4,11H2,1-3H3. The molecular weight excluding hydrogens is 534 g/mol. The lowest BCUT2D eigenvalue weighted by Gasteiger charge is -2.13. The van der Waals surface area contributed by atoms with Crippen LogP contribution >= 0.6 is 31.9 Å². The number of aromatic nitrogens is 2. The van der Waals surface area contributed by atoms with E-state index in [1.54, 1.807) is 24.3 Å². The zero-order valence-corrected chi connectivity index (χ0v) is 20.2. The van der Waals surface area contributed by atoms with Crippen LogP contribution in [0, 0.1) is 0 Å². The summed E-state index contributed by atoms with van der Waals surface area (Å²) in [5, 5.41) is 4.84. The number of carbonyl (C=O) groups excluding carboxylic acids is 1. The van der Waals surface area contributed by atoms with Crippen LogP contribution < -0.4 is 15.0 Å². The molecule has 1 heterocycles. The van der Waals surface area contributed by atoms with E-state index in [1.165, 1.54) is 25.1 Å². The average molecular weight is 553 g/mol. The Labute approximate surface area is 195 Å². The number of aryl methyl sites for hydroxylation is 1. The summed E-state index contributed by atoms with van der Waals surface area (Å²) in [6, 6.07) is 8.78. The summed E-state index contributed by atoms with van der Waals surface area (Å²) in [5.41, 5.74) is 1.01. The quantitative estimate of drug-likeness (QED) is 0.326. The first-order chi connectivity index (χ1) is 14.9. The number of methoxy groups -OCH3 is 2. The number of carbonyl (C=O) groups is 1. The maximum Gasteiger partial charge on any atom is 0.343 e. The van der Waals surface area contributed by atoms with Gasteiger partial charge in [-0.05, 0) is 51.8 Å². The monoisotopic (exact) mass is 551 g/mol. The first-order valence-electron chi connectivity index (χ1n) is 9.20. The molecule has 162 valence electrons. The van der Waals surface area contributed by atoms with Crippen molar-refractivity contribution in [1.29, 1.82) is 0 Å². The maximum absolute atomic E-state index is 13.0. The number of halogens is 2. The molecule has 0 radical (unpaired) electrons. The van der Waals surface area contributed by atoms with Gasteiger partial charge < -0.3 is 14.2 Å². The van der Waals surface area contributed by atoms with Gasteiger partial charge in [-0.15, -0.1) is 0 Å². The Hall–Kier alpha value is -2.72. The van der Waals surface area contributed by atoms with Crippen LogP contribution in [-0.4, -0.2) is 42.7 Å². The van der Waals surface area contributed by atoms with Crippen LogP contribution in [-0.2, 0) is 16.0 Å². The topological polar surface area (TPSA) is 92.0 Å². The number of hydrogen-bond acceptors (Lipinski definition) is 7. The molecule has 0 unspecified atom stereocenters. The summed E-state index contributed by atoms with van der Waals surface area (Å²) in [5.74, 6) is 0.777. The molecule has 8 nitrogen and oxygen atoms in total. The summed E-state index contributed by atoms with van der Waals surface area (Å²) in [4.78, 5) is 28.9. The van der Waals surface area contributed by atoms with Crippen molar-refractivity contribution in [1.82, 2.24) is 9.66 Å². The van der Waals surface area contributed by atoms with E-state index >= 15 is 0 Å². The number of fused-ring (bicyclic) bond motifs is 1. The fourth-order valence-electron chi connectivity index (χ4n) is 2.81. The van der Waals surface area contributed by atoms with Crippen LogP contribution in [0.3, 0.4) is 0 Å². The largest absolute Gasteiger partial charge is 0.493 e. The zero-order valence-electron chi connectivity index (χ0n) is 17.0. The highest BCUT2D eigenvalue weighted by atomic mass is 79.9. The van der Waals surface area contributed by atoms with Gasteiger partial charge in [0.15, 0.2) is 18.1 Å². The third-order valence-electron chi connectivity index (χ3n) is 4.33. The van der Waals surface area contributed by atoms with Crippen LogP contribution in [0.4, 0.5) is 0 Å². The van der Waals surface area contributed by atoms with Crippen LogP contribution in [0.15, 0.2) is 49.2 Å². The van der Waals surface area contributed by atoms with Gasteiger partial charge >= 0.3 is 5.97 Å². The Bertz CT molecular complexity index is 1220. The Balaban J connectivity index is 2.00. The van der Waals surface area contributed by atoms with E-state index < -0.39 is 5.97 Å². The van der Waals surface area contributed by atoms with Crippen molar-refractivity contribution in [2.75, 3.05) is 20.8 Å². The molecule has 31 heavy (non-hydrogen) atoms. The fraction of sp³-hybridized carbons (Fsp3) is 0.238. The number of ether oxygens (including phenoxy) is 3. The molecule has 3 aromatic rings. The average Bonchev–Trinajstić information content (AvgIpc) is 2.77. The molecule has 0 saturated carbocycles. The van der Waals surface area contributed by atoms with Gasteiger partial charge in [0, 0.05) is 10.9 Å². The molecule has 0 aliphatic rings. The lowest BCUT2D eigenvalue weighted by Crippen LogP contribution is -2.22. The third kappa shape index (κ3) is 5.13. The molecular formula is C21H19Br2N3O5. The number of hydrogen-bond donors (Lipinski definition) is 0. The van der Waals surface area contributed by atoms with E-state index in [2.05, 4.69) is 46.7 Å². The predicted molar refractivity (Wildman–Crippen MR) is 124 cm³/mol. The highest BCUT2D eigenvalue weighted by molar-refractivity contribution is 9.10. The zero-order chi connectivity index (χ0) is 22.5. The van der Waals surface area contributed by atoms with Crippen LogP contribution in [0.2, 0.25) is 0 Å². The number of nitrogens with zero attached hydrogens (tertiary/aromatic N) is 3. The van der Waals surface area contributed by atoms with Gasteiger partial charge in [0.25, 0.3) is 5.56 Å². The number of rotatable bonds is 7. The van der Waals surface area contributed by atoms with Crippen molar-refractivity contribution in [2.45, 2.75) is 13.3 Å². The lowest BCUT2D eigenvalue weighted by atomic mass is 10.2. The first-order valence-corrected chi connectivity index (χ1v) is 10.8. The Morgan fingerprint density at radius 1 is 1.23 bits per heavy atom. The molecule has 0 atom stereocenters. The molecule has 0 bridgehead atoms. The van der Waals surface area contributed by atoms with Gasteiger partial charge in [0.2, 0.25) is 0 Å². The minimum Gasteiger partial charge on any atom is -0.493 e. The van der Waals surface area contributed by atoms with Gasteiger partial charge in [-0.3, -0.25) is 4.79 Å². The van der Waals surface area contributed by atoms with Gasteiger partial charge in [-0.1, -0.05) is 22.9 Å². The molecule has 10 heteroatoms. The van der Waals surface area contributed by atoms with Crippen molar-refractivity contribution >= 4 is 54.9 Å². The second kappa shape index (κ2) is 10.1. The molecule has 3 rings (SSSR count). The van der Waals surface area contributed by atoms with Crippen LogP contribution in [0.25, 0.3) is 10.9 Å². The Kier molecular flexibility index (Phi) is 7.45. The van der Waals surface area contributed by atoms with Crippen molar-refractivity contribution < 1.29 is 19.0 Å². The van der Waals surface area contributed by atoms with E-state index in [9.17, 15) is 9.59 Å². The number of esters is 1. The molecule has 0 amide bonds. The SMILES string of the molecule is CCc1nc2ccc(Br)cc2c(=O)n1N=Cc1cc(Br)c(OCC(=O)OC)c(OC)c1. The summed E-state index contributed by atoms with van der Waals surface area (Å²) >= 11 is 6.80. The normalized spacial score (nSPS) is 11.1. The second-order valence-corrected chi connectivity index (χ2v) is 8.07. The molecule has 0 saturated heterocycles. The predicted octanol–water partition coefficient (Wildman–Crippen LogP) is 3.93. The van der Waals surface area contributed by atoms with E-state index in [-0.39, 0.29) is 12.2 Å².